The van der Waals surface area contributed by atoms with Crippen molar-refractivity contribution in [3.8, 4) is 16.9 Å². The van der Waals surface area contributed by atoms with Gasteiger partial charge in [-0.1, -0.05) is 30.3 Å². The van der Waals surface area contributed by atoms with E-state index < -0.39 is 0 Å². The summed E-state index contributed by atoms with van der Waals surface area (Å²) in [6.07, 6.45) is 3.57. The van der Waals surface area contributed by atoms with Crippen LogP contribution in [0.25, 0.3) is 11.1 Å². The Labute approximate surface area is 123 Å². The summed E-state index contributed by atoms with van der Waals surface area (Å²) >= 11 is 0. The summed E-state index contributed by atoms with van der Waals surface area (Å²) in [6, 6.07) is 17.0. The lowest BCUT2D eigenvalue weighted by atomic mass is 10.1. The zero-order valence-corrected chi connectivity index (χ0v) is 11.6. The predicted octanol–water partition coefficient (Wildman–Crippen LogP) is 3.62. The largest absolute Gasteiger partial charge is 0.508 e. The van der Waals surface area contributed by atoms with Crippen molar-refractivity contribution in [3.05, 3.63) is 67.0 Å². The molecule has 2 aromatic carbocycles. The van der Waals surface area contributed by atoms with Gasteiger partial charge in [0.05, 0.1) is 0 Å². The van der Waals surface area contributed by atoms with Crippen molar-refractivity contribution >= 4 is 11.6 Å². The molecule has 4 nitrogen and oxygen atoms in total. The van der Waals surface area contributed by atoms with E-state index in [2.05, 4.69) is 9.97 Å². The molecule has 104 valence electrons. The molecule has 0 aliphatic rings. The van der Waals surface area contributed by atoms with Gasteiger partial charge in [0.15, 0.2) is 0 Å². The lowest BCUT2D eigenvalue weighted by Crippen LogP contribution is -2.12. The number of benzene rings is 2. The summed E-state index contributed by atoms with van der Waals surface area (Å²) < 4.78 is 0. The first-order valence-electron chi connectivity index (χ1n) is 6.64. The summed E-state index contributed by atoms with van der Waals surface area (Å²) in [4.78, 5) is 10.7. The van der Waals surface area contributed by atoms with Crippen molar-refractivity contribution in [2.24, 2.45) is 0 Å². The highest BCUT2D eigenvalue weighted by molar-refractivity contribution is 5.64. The maximum Gasteiger partial charge on any atom is 0.229 e. The quantitative estimate of drug-likeness (QED) is 0.794. The maximum absolute atomic E-state index is 9.31. The van der Waals surface area contributed by atoms with Gasteiger partial charge in [-0.05, 0) is 29.8 Å². The van der Waals surface area contributed by atoms with Crippen molar-refractivity contribution < 1.29 is 5.11 Å². The van der Waals surface area contributed by atoms with Gasteiger partial charge >= 0.3 is 0 Å². The van der Waals surface area contributed by atoms with Crippen molar-refractivity contribution in [1.82, 2.24) is 9.97 Å². The van der Waals surface area contributed by atoms with E-state index in [1.807, 2.05) is 54.4 Å². The van der Waals surface area contributed by atoms with Gasteiger partial charge in [0.1, 0.15) is 5.75 Å². The normalized spacial score (nSPS) is 10.3. The molecule has 0 aliphatic carbocycles. The molecule has 1 aromatic heterocycles. The molecule has 1 heterocycles. The Kier molecular flexibility index (Phi) is 3.51. The summed E-state index contributed by atoms with van der Waals surface area (Å²) in [6.45, 7) is 0. The van der Waals surface area contributed by atoms with E-state index in [0.29, 0.717) is 5.95 Å². The molecule has 0 amide bonds. The van der Waals surface area contributed by atoms with Crippen LogP contribution in [0.15, 0.2) is 67.0 Å². The number of aromatic nitrogens is 2. The Hall–Kier alpha value is -2.88. The molecule has 0 unspecified atom stereocenters. The van der Waals surface area contributed by atoms with E-state index in [9.17, 15) is 5.11 Å². The second-order valence-electron chi connectivity index (χ2n) is 4.71. The minimum atomic E-state index is 0.250. The zero-order valence-electron chi connectivity index (χ0n) is 11.6. The second kappa shape index (κ2) is 5.63. The third kappa shape index (κ3) is 2.84. The van der Waals surface area contributed by atoms with Crippen LogP contribution in [0.4, 0.5) is 11.6 Å². The topological polar surface area (TPSA) is 49.2 Å². The van der Waals surface area contributed by atoms with Gasteiger partial charge < -0.3 is 10.0 Å². The second-order valence-corrected chi connectivity index (χ2v) is 4.71. The number of para-hydroxylation sites is 1. The number of nitrogens with zero attached hydrogens (tertiary/aromatic N) is 3. The average molecular weight is 277 g/mol. The summed E-state index contributed by atoms with van der Waals surface area (Å²) in [5, 5.41) is 9.31. The molecule has 3 rings (SSSR count). The molecule has 0 saturated carbocycles. The molecule has 0 saturated heterocycles. The Morgan fingerprint density at radius 1 is 0.810 bits per heavy atom. The lowest BCUT2D eigenvalue weighted by molar-refractivity contribution is 0.475. The van der Waals surface area contributed by atoms with Gasteiger partial charge in [-0.25, -0.2) is 9.97 Å². The van der Waals surface area contributed by atoms with Crippen LogP contribution in [0.1, 0.15) is 0 Å². The summed E-state index contributed by atoms with van der Waals surface area (Å²) in [5.41, 5.74) is 2.93. The van der Waals surface area contributed by atoms with Crippen LogP contribution >= 0.6 is 0 Å². The van der Waals surface area contributed by atoms with Gasteiger partial charge in [0.25, 0.3) is 0 Å². The number of phenols is 1. The summed E-state index contributed by atoms with van der Waals surface area (Å²) in [5.74, 6) is 0.892. The first-order chi connectivity index (χ1) is 10.2. The Morgan fingerprint density at radius 2 is 1.43 bits per heavy atom. The van der Waals surface area contributed by atoms with Crippen LogP contribution in [-0.4, -0.2) is 22.1 Å². The first kappa shape index (κ1) is 13.1. The highest BCUT2D eigenvalue weighted by Gasteiger charge is 2.07. The van der Waals surface area contributed by atoms with Gasteiger partial charge in [-0.2, -0.15) is 0 Å². The zero-order chi connectivity index (χ0) is 14.7. The molecular weight excluding hydrogens is 262 g/mol. The molecule has 0 bridgehead atoms. The van der Waals surface area contributed by atoms with Gasteiger partial charge in [-0.3, -0.25) is 0 Å². The Bertz CT molecular complexity index is 709. The minimum absolute atomic E-state index is 0.250. The lowest BCUT2D eigenvalue weighted by Gasteiger charge is -2.16. The van der Waals surface area contributed by atoms with E-state index in [1.54, 1.807) is 24.5 Å². The fourth-order valence-electron chi connectivity index (χ4n) is 2.06. The van der Waals surface area contributed by atoms with Gasteiger partial charge in [0, 0.05) is 30.7 Å². The maximum atomic E-state index is 9.31. The SMILES string of the molecule is CN(c1ccccc1)c1ncc(-c2ccc(O)cc2)cn1. The van der Waals surface area contributed by atoms with E-state index in [1.165, 1.54) is 0 Å². The predicted molar refractivity (Wildman–Crippen MR) is 83.6 cm³/mol. The Morgan fingerprint density at radius 3 is 2.05 bits per heavy atom. The van der Waals surface area contributed by atoms with Crippen molar-refractivity contribution in [2.75, 3.05) is 11.9 Å². The molecule has 4 heteroatoms. The number of phenolic OH excluding ortho intramolecular Hbond substituents is 1. The van der Waals surface area contributed by atoms with Crippen molar-refractivity contribution in [2.45, 2.75) is 0 Å². The molecular formula is C17H15N3O. The molecule has 3 aromatic rings. The van der Waals surface area contributed by atoms with Crippen molar-refractivity contribution in [3.63, 3.8) is 0 Å². The third-order valence-corrected chi connectivity index (χ3v) is 3.28. The average Bonchev–Trinajstić information content (AvgIpc) is 2.56. The monoisotopic (exact) mass is 277 g/mol. The van der Waals surface area contributed by atoms with Crippen molar-refractivity contribution in [1.29, 1.82) is 0 Å². The number of hydrogen-bond donors (Lipinski definition) is 1. The van der Waals surface area contributed by atoms with Crippen LogP contribution in [-0.2, 0) is 0 Å². The van der Waals surface area contributed by atoms with Gasteiger partial charge in [-0.15, -0.1) is 0 Å². The van der Waals surface area contributed by atoms with Crippen LogP contribution < -0.4 is 4.90 Å². The first-order valence-corrected chi connectivity index (χ1v) is 6.64. The van der Waals surface area contributed by atoms with Gasteiger partial charge in [0.2, 0.25) is 5.95 Å². The molecule has 0 radical (unpaired) electrons. The molecule has 0 atom stereocenters. The van der Waals surface area contributed by atoms with Crippen LogP contribution in [0.5, 0.6) is 5.75 Å². The fourth-order valence-corrected chi connectivity index (χ4v) is 2.06. The van der Waals surface area contributed by atoms with E-state index in [0.717, 1.165) is 16.8 Å². The van der Waals surface area contributed by atoms with E-state index in [-0.39, 0.29) is 5.75 Å². The molecule has 0 spiro atoms. The number of rotatable bonds is 3. The van der Waals surface area contributed by atoms with Crippen LogP contribution in [0, 0.1) is 0 Å². The summed E-state index contributed by atoms with van der Waals surface area (Å²) in [7, 11) is 1.94. The minimum Gasteiger partial charge on any atom is -0.508 e. The molecule has 0 fully saturated rings. The third-order valence-electron chi connectivity index (χ3n) is 3.28. The molecule has 1 N–H and O–H groups in total. The van der Waals surface area contributed by atoms with E-state index in [4.69, 9.17) is 0 Å². The standard InChI is InChI=1S/C17H15N3O/c1-20(15-5-3-2-4-6-15)17-18-11-14(12-19-17)13-7-9-16(21)10-8-13/h2-12,21H,1H3. The molecule has 21 heavy (non-hydrogen) atoms. The number of anilines is 2. The smallest absolute Gasteiger partial charge is 0.229 e. The van der Waals surface area contributed by atoms with Crippen LogP contribution in [0.2, 0.25) is 0 Å². The van der Waals surface area contributed by atoms with E-state index >= 15 is 0 Å². The highest BCUT2D eigenvalue weighted by atomic mass is 16.3. The number of aromatic hydroxyl groups is 1. The molecule has 0 aliphatic heterocycles. The fraction of sp³-hybridized carbons (Fsp3) is 0.0588. The van der Waals surface area contributed by atoms with Crippen LogP contribution in [0.3, 0.4) is 0 Å². The highest BCUT2D eigenvalue weighted by Crippen LogP contribution is 2.23. The number of hydrogen-bond acceptors (Lipinski definition) is 4. The Balaban J connectivity index is 1.85.